The average molecular weight is 316 g/mol. The zero-order valence-corrected chi connectivity index (χ0v) is 12.8. The van der Waals surface area contributed by atoms with Crippen molar-refractivity contribution in [3.63, 3.8) is 0 Å². The van der Waals surface area contributed by atoms with Crippen LogP contribution in [-0.2, 0) is 23.0 Å². The molecule has 2 rings (SSSR count). The molecule has 0 atom stereocenters. The van der Waals surface area contributed by atoms with Gasteiger partial charge in [0.05, 0.1) is 12.7 Å². The van der Waals surface area contributed by atoms with Crippen LogP contribution < -0.4 is 10.0 Å². The third kappa shape index (κ3) is 3.52. The first-order chi connectivity index (χ1) is 9.55. The lowest BCUT2D eigenvalue weighted by Crippen LogP contribution is -2.15. The number of hydrogen-bond acceptors (Lipinski definition) is 7. The standard InChI is InChI=1S/C10H16N6O2S2/c1-3-9-13-14-10(19-9)15-20(17,18)8-6-12-16(7-8)5-4-11-2/h6-7,11H,3-5H2,1-2H3,(H,14,15). The molecule has 0 aliphatic heterocycles. The van der Waals surface area contributed by atoms with Gasteiger partial charge in [0.15, 0.2) is 0 Å². The van der Waals surface area contributed by atoms with Gasteiger partial charge in [-0.1, -0.05) is 18.3 Å². The predicted molar refractivity (Wildman–Crippen MR) is 76.2 cm³/mol. The molecule has 10 heteroatoms. The molecule has 0 bridgehead atoms. The van der Waals surface area contributed by atoms with Gasteiger partial charge >= 0.3 is 0 Å². The van der Waals surface area contributed by atoms with E-state index in [2.05, 4.69) is 25.3 Å². The molecular formula is C10H16N6O2S2. The first-order valence-corrected chi connectivity index (χ1v) is 8.37. The minimum Gasteiger partial charge on any atom is -0.318 e. The van der Waals surface area contributed by atoms with Crippen LogP contribution in [-0.4, -0.2) is 42.0 Å². The summed E-state index contributed by atoms with van der Waals surface area (Å²) in [4.78, 5) is 0.113. The molecule has 0 aliphatic carbocycles. The van der Waals surface area contributed by atoms with Crippen molar-refractivity contribution in [3.05, 3.63) is 17.4 Å². The number of nitrogens with zero attached hydrogens (tertiary/aromatic N) is 4. The van der Waals surface area contributed by atoms with Gasteiger partial charge in [-0.3, -0.25) is 9.40 Å². The van der Waals surface area contributed by atoms with E-state index in [1.165, 1.54) is 23.7 Å². The van der Waals surface area contributed by atoms with Crippen LogP contribution in [0.25, 0.3) is 0 Å². The van der Waals surface area contributed by atoms with Crippen LogP contribution in [0.4, 0.5) is 5.13 Å². The van der Waals surface area contributed by atoms with Gasteiger partial charge in [-0.2, -0.15) is 5.10 Å². The van der Waals surface area contributed by atoms with E-state index >= 15 is 0 Å². The summed E-state index contributed by atoms with van der Waals surface area (Å²) in [6.45, 7) is 3.25. The van der Waals surface area contributed by atoms with Gasteiger partial charge in [0.1, 0.15) is 9.90 Å². The molecule has 0 unspecified atom stereocenters. The van der Waals surface area contributed by atoms with Crippen molar-refractivity contribution in [2.75, 3.05) is 18.3 Å². The molecule has 0 saturated carbocycles. The molecule has 2 aromatic heterocycles. The molecule has 2 N–H and O–H groups in total. The van der Waals surface area contributed by atoms with Crippen LogP contribution >= 0.6 is 11.3 Å². The van der Waals surface area contributed by atoms with Crippen molar-refractivity contribution in [3.8, 4) is 0 Å². The van der Waals surface area contributed by atoms with Crippen molar-refractivity contribution in [2.45, 2.75) is 24.8 Å². The lowest BCUT2D eigenvalue weighted by molar-refractivity contribution is 0.582. The molecule has 2 aromatic rings. The molecule has 2 heterocycles. The second-order valence-electron chi connectivity index (χ2n) is 4.00. The zero-order chi connectivity index (χ0) is 14.6. The van der Waals surface area contributed by atoms with Crippen molar-refractivity contribution in [2.24, 2.45) is 0 Å². The van der Waals surface area contributed by atoms with Gasteiger partial charge in [-0.25, -0.2) is 8.42 Å². The predicted octanol–water partition coefficient (Wildman–Crippen LogP) is 0.317. The highest BCUT2D eigenvalue weighted by molar-refractivity contribution is 7.93. The molecule has 0 aliphatic rings. The monoisotopic (exact) mass is 316 g/mol. The minimum atomic E-state index is -3.66. The smallest absolute Gasteiger partial charge is 0.266 e. The fourth-order valence-electron chi connectivity index (χ4n) is 1.44. The molecule has 20 heavy (non-hydrogen) atoms. The molecular weight excluding hydrogens is 300 g/mol. The van der Waals surface area contributed by atoms with Gasteiger partial charge < -0.3 is 5.32 Å². The summed E-state index contributed by atoms with van der Waals surface area (Å²) in [5, 5.41) is 15.7. The van der Waals surface area contributed by atoms with E-state index in [9.17, 15) is 8.42 Å². The second-order valence-corrected chi connectivity index (χ2v) is 6.75. The van der Waals surface area contributed by atoms with E-state index in [1.54, 1.807) is 4.68 Å². The number of anilines is 1. The number of sulfonamides is 1. The highest BCUT2D eigenvalue weighted by atomic mass is 32.2. The molecule has 0 amide bonds. The van der Waals surface area contributed by atoms with E-state index in [0.717, 1.165) is 11.4 Å². The Bertz CT molecular complexity index is 663. The lowest BCUT2D eigenvalue weighted by atomic mass is 10.5. The molecule has 0 saturated heterocycles. The summed E-state index contributed by atoms with van der Waals surface area (Å²) in [6, 6.07) is 0. The van der Waals surface area contributed by atoms with Gasteiger partial charge in [0.2, 0.25) is 5.13 Å². The number of aromatic nitrogens is 4. The quantitative estimate of drug-likeness (QED) is 0.762. The molecule has 0 spiro atoms. The van der Waals surface area contributed by atoms with Crippen LogP contribution in [0.3, 0.4) is 0 Å². The van der Waals surface area contributed by atoms with E-state index in [-0.39, 0.29) is 10.0 Å². The van der Waals surface area contributed by atoms with Crippen LogP contribution in [0.5, 0.6) is 0 Å². The van der Waals surface area contributed by atoms with Crippen LogP contribution in [0.1, 0.15) is 11.9 Å². The summed E-state index contributed by atoms with van der Waals surface area (Å²) in [5.41, 5.74) is 0. The largest absolute Gasteiger partial charge is 0.318 e. The van der Waals surface area contributed by atoms with Crippen LogP contribution in [0.2, 0.25) is 0 Å². The Morgan fingerprint density at radius 3 is 2.85 bits per heavy atom. The Hall–Kier alpha value is -1.52. The van der Waals surface area contributed by atoms with Crippen molar-refractivity contribution >= 4 is 26.5 Å². The molecule has 0 fully saturated rings. The topological polar surface area (TPSA) is 102 Å². The third-order valence-corrected chi connectivity index (χ3v) is 4.91. The van der Waals surface area contributed by atoms with Gasteiger partial charge in [0.25, 0.3) is 10.0 Å². The van der Waals surface area contributed by atoms with Gasteiger partial charge in [-0.15, -0.1) is 10.2 Å². The second kappa shape index (κ2) is 6.29. The minimum absolute atomic E-state index is 0.113. The summed E-state index contributed by atoms with van der Waals surface area (Å²) < 4.78 is 28.3. The highest BCUT2D eigenvalue weighted by Crippen LogP contribution is 2.19. The molecule has 0 aromatic carbocycles. The number of rotatable bonds is 7. The van der Waals surface area contributed by atoms with Crippen LogP contribution in [0.15, 0.2) is 17.3 Å². The maximum absolute atomic E-state index is 12.1. The maximum atomic E-state index is 12.1. The van der Waals surface area contributed by atoms with Crippen molar-refractivity contribution in [1.29, 1.82) is 0 Å². The third-order valence-electron chi connectivity index (χ3n) is 2.50. The Labute approximate surface area is 121 Å². The number of aryl methyl sites for hydroxylation is 1. The Morgan fingerprint density at radius 1 is 1.40 bits per heavy atom. The average Bonchev–Trinajstić information content (AvgIpc) is 3.04. The summed E-state index contributed by atoms with van der Waals surface area (Å²) in [6.07, 6.45) is 3.53. The van der Waals surface area contributed by atoms with Crippen molar-refractivity contribution < 1.29 is 8.42 Å². The van der Waals surface area contributed by atoms with E-state index < -0.39 is 10.0 Å². The Morgan fingerprint density at radius 2 is 2.20 bits per heavy atom. The summed E-state index contributed by atoms with van der Waals surface area (Å²) >= 11 is 1.23. The highest BCUT2D eigenvalue weighted by Gasteiger charge is 2.18. The molecule has 0 radical (unpaired) electrons. The Kier molecular flexibility index (Phi) is 4.68. The van der Waals surface area contributed by atoms with Crippen LogP contribution in [0, 0.1) is 0 Å². The van der Waals surface area contributed by atoms with Gasteiger partial charge in [-0.05, 0) is 13.5 Å². The van der Waals surface area contributed by atoms with Gasteiger partial charge in [0, 0.05) is 12.7 Å². The fourth-order valence-corrected chi connectivity index (χ4v) is 3.31. The fraction of sp³-hybridized carbons (Fsp3) is 0.500. The maximum Gasteiger partial charge on any atom is 0.266 e. The first-order valence-electron chi connectivity index (χ1n) is 6.07. The molecule has 8 nitrogen and oxygen atoms in total. The zero-order valence-electron chi connectivity index (χ0n) is 11.2. The lowest BCUT2D eigenvalue weighted by Gasteiger charge is -2.01. The van der Waals surface area contributed by atoms with Crippen molar-refractivity contribution in [1.82, 2.24) is 25.3 Å². The Balaban J connectivity index is 2.11. The molecule has 110 valence electrons. The van der Waals surface area contributed by atoms with E-state index in [0.29, 0.717) is 13.1 Å². The number of hydrogen-bond donors (Lipinski definition) is 2. The SMILES string of the molecule is CCc1nnc(NS(=O)(=O)c2cnn(CCNC)c2)s1. The van der Waals surface area contributed by atoms with E-state index in [1.807, 2.05) is 14.0 Å². The number of nitrogens with one attached hydrogen (secondary N) is 2. The number of likely N-dealkylation sites (N-methyl/N-ethyl adjacent to an activating group) is 1. The van der Waals surface area contributed by atoms with E-state index in [4.69, 9.17) is 0 Å². The normalized spacial score (nSPS) is 11.7. The first kappa shape index (κ1) is 14.9. The summed E-state index contributed by atoms with van der Waals surface area (Å²) in [7, 11) is -1.84. The summed E-state index contributed by atoms with van der Waals surface area (Å²) in [5.74, 6) is 0.